The lowest BCUT2D eigenvalue weighted by Gasteiger charge is -2.09. The molecule has 0 saturated carbocycles. The lowest BCUT2D eigenvalue weighted by Crippen LogP contribution is -2.20. The smallest absolute Gasteiger partial charge is 0.263 e. The van der Waals surface area contributed by atoms with Crippen LogP contribution in [0.4, 0.5) is 5.82 Å². The molecule has 1 heterocycles. The number of carbonyl (C=O) groups excluding carboxylic acids is 1. The van der Waals surface area contributed by atoms with Crippen LogP contribution in [-0.4, -0.2) is 22.7 Å². The molecular formula is C16H21N3O2. The van der Waals surface area contributed by atoms with E-state index in [1.54, 1.807) is 0 Å². The van der Waals surface area contributed by atoms with Crippen molar-refractivity contribution in [2.24, 2.45) is 0 Å². The third-order valence-electron chi connectivity index (χ3n) is 3.18. The third-order valence-corrected chi connectivity index (χ3v) is 3.18. The number of benzene rings is 1. The first kappa shape index (κ1) is 15.1. The van der Waals surface area contributed by atoms with Gasteiger partial charge in [0.25, 0.3) is 5.91 Å². The molecule has 2 rings (SSSR count). The molecule has 1 amide bonds. The first-order valence-corrected chi connectivity index (χ1v) is 7.01. The molecule has 2 aromatic rings. The van der Waals surface area contributed by atoms with Crippen LogP contribution in [0.25, 0.3) is 0 Å². The number of anilines is 1. The Hall–Kier alpha value is -2.30. The zero-order valence-corrected chi connectivity index (χ0v) is 12.9. The van der Waals surface area contributed by atoms with Crippen molar-refractivity contribution in [1.82, 2.24) is 10.2 Å². The predicted octanol–water partition coefficient (Wildman–Crippen LogP) is 3.17. The van der Waals surface area contributed by atoms with Gasteiger partial charge < -0.3 is 10.1 Å². The highest BCUT2D eigenvalue weighted by Gasteiger charge is 2.09. The Balaban J connectivity index is 1.89. The molecule has 2 N–H and O–H groups in total. The average Bonchev–Trinajstić information content (AvgIpc) is 2.86. The predicted molar refractivity (Wildman–Crippen MR) is 82.7 cm³/mol. The summed E-state index contributed by atoms with van der Waals surface area (Å²) in [6.07, 6.45) is 0. The first-order chi connectivity index (χ1) is 9.95. The Morgan fingerprint density at radius 2 is 2.10 bits per heavy atom. The molecule has 1 aromatic carbocycles. The van der Waals surface area contributed by atoms with Crippen molar-refractivity contribution in [3.8, 4) is 5.75 Å². The molecule has 0 unspecified atom stereocenters. The lowest BCUT2D eigenvalue weighted by molar-refractivity contribution is -0.118. The molecule has 0 fully saturated rings. The highest BCUT2D eigenvalue weighted by Crippen LogP contribution is 2.19. The van der Waals surface area contributed by atoms with Gasteiger partial charge in [0.15, 0.2) is 12.4 Å². The quantitative estimate of drug-likeness (QED) is 0.887. The van der Waals surface area contributed by atoms with Crippen molar-refractivity contribution >= 4 is 11.7 Å². The molecule has 0 aliphatic heterocycles. The van der Waals surface area contributed by atoms with Crippen LogP contribution in [0.2, 0.25) is 0 Å². The monoisotopic (exact) mass is 287 g/mol. The Morgan fingerprint density at radius 1 is 1.33 bits per heavy atom. The summed E-state index contributed by atoms with van der Waals surface area (Å²) in [7, 11) is 0. The fraction of sp³-hybridized carbons (Fsp3) is 0.375. The van der Waals surface area contributed by atoms with Gasteiger partial charge in [0.2, 0.25) is 0 Å². The molecule has 1 aromatic heterocycles. The molecule has 0 atom stereocenters. The van der Waals surface area contributed by atoms with E-state index >= 15 is 0 Å². The third kappa shape index (κ3) is 4.08. The summed E-state index contributed by atoms with van der Waals surface area (Å²) < 4.78 is 5.53. The molecule has 0 spiro atoms. The normalized spacial score (nSPS) is 10.7. The average molecular weight is 287 g/mol. The van der Waals surface area contributed by atoms with Crippen LogP contribution in [0.3, 0.4) is 0 Å². The number of nitrogens with one attached hydrogen (secondary N) is 2. The Morgan fingerprint density at radius 3 is 2.71 bits per heavy atom. The number of rotatable bonds is 5. The van der Waals surface area contributed by atoms with Crippen LogP contribution in [-0.2, 0) is 4.79 Å². The van der Waals surface area contributed by atoms with Gasteiger partial charge in [-0.05, 0) is 31.4 Å². The Labute approximate surface area is 124 Å². The number of aromatic amines is 1. The van der Waals surface area contributed by atoms with Crippen LogP contribution in [0.5, 0.6) is 5.75 Å². The summed E-state index contributed by atoms with van der Waals surface area (Å²) in [5, 5.41) is 9.66. The van der Waals surface area contributed by atoms with E-state index in [0.29, 0.717) is 11.7 Å². The standard InChI is InChI=1S/C16H21N3O2/c1-10(2)13-8-15(19-18-13)17-16(20)9-21-14-6-5-11(3)7-12(14)4/h5-8,10H,9H2,1-4H3,(H2,17,18,19,20). The van der Waals surface area contributed by atoms with E-state index in [1.165, 1.54) is 5.56 Å². The van der Waals surface area contributed by atoms with Crippen LogP contribution in [0.15, 0.2) is 24.3 Å². The van der Waals surface area contributed by atoms with Crippen molar-refractivity contribution in [2.75, 3.05) is 11.9 Å². The van der Waals surface area contributed by atoms with Crippen molar-refractivity contribution in [1.29, 1.82) is 0 Å². The van der Waals surface area contributed by atoms with E-state index in [0.717, 1.165) is 17.0 Å². The number of carbonyl (C=O) groups is 1. The molecule has 112 valence electrons. The highest BCUT2D eigenvalue weighted by molar-refractivity contribution is 5.91. The van der Waals surface area contributed by atoms with E-state index in [4.69, 9.17) is 4.74 Å². The summed E-state index contributed by atoms with van der Waals surface area (Å²) in [4.78, 5) is 11.9. The number of ether oxygens (including phenoxy) is 1. The van der Waals surface area contributed by atoms with Crippen molar-refractivity contribution in [3.63, 3.8) is 0 Å². The van der Waals surface area contributed by atoms with Gasteiger partial charge in [-0.25, -0.2) is 0 Å². The number of hydrogen-bond donors (Lipinski definition) is 2. The minimum atomic E-state index is -0.225. The number of amides is 1. The fourth-order valence-electron chi connectivity index (χ4n) is 1.98. The molecule has 5 nitrogen and oxygen atoms in total. The SMILES string of the molecule is Cc1ccc(OCC(=O)Nc2cc(C(C)C)[nH]n2)c(C)c1. The molecule has 0 bridgehead atoms. The maximum atomic E-state index is 11.9. The molecular weight excluding hydrogens is 266 g/mol. The zero-order valence-electron chi connectivity index (χ0n) is 12.9. The number of hydrogen-bond acceptors (Lipinski definition) is 3. The summed E-state index contributed by atoms with van der Waals surface area (Å²) in [5.41, 5.74) is 3.17. The van der Waals surface area contributed by atoms with E-state index in [2.05, 4.69) is 29.4 Å². The van der Waals surface area contributed by atoms with E-state index in [9.17, 15) is 4.79 Å². The van der Waals surface area contributed by atoms with Gasteiger partial charge in [0, 0.05) is 11.8 Å². The molecule has 5 heteroatoms. The van der Waals surface area contributed by atoms with Gasteiger partial charge in [-0.3, -0.25) is 9.89 Å². The summed E-state index contributed by atoms with van der Waals surface area (Å²) in [5.74, 6) is 1.36. The molecule has 0 aliphatic rings. The van der Waals surface area contributed by atoms with Crippen LogP contribution in [0.1, 0.15) is 36.6 Å². The van der Waals surface area contributed by atoms with Crippen LogP contribution < -0.4 is 10.1 Å². The summed E-state index contributed by atoms with van der Waals surface area (Å²) in [6, 6.07) is 7.70. The fourth-order valence-corrected chi connectivity index (χ4v) is 1.98. The maximum Gasteiger partial charge on any atom is 0.263 e. The number of aryl methyl sites for hydroxylation is 2. The number of H-pyrrole nitrogens is 1. The zero-order chi connectivity index (χ0) is 15.4. The van der Waals surface area contributed by atoms with Crippen molar-refractivity contribution < 1.29 is 9.53 Å². The molecule has 0 aliphatic carbocycles. The van der Waals surface area contributed by atoms with Crippen molar-refractivity contribution in [3.05, 3.63) is 41.1 Å². The minimum absolute atomic E-state index is 0.0340. The first-order valence-electron chi connectivity index (χ1n) is 7.01. The van der Waals surface area contributed by atoms with Gasteiger partial charge in [0.05, 0.1) is 0 Å². The van der Waals surface area contributed by atoms with Gasteiger partial charge in [0.1, 0.15) is 5.75 Å². The van der Waals surface area contributed by atoms with E-state index < -0.39 is 0 Å². The summed E-state index contributed by atoms with van der Waals surface area (Å²) >= 11 is 0. The van der Waals surface area contributed by atoms with E-state index in [1.807, 2.05) is 38.1 Å². The van der Waals surface area contributed by atoms with Crippen molar-refractivity contribution in [2.45, 2.75) is 33.6 Å². The summed E-state index contributed by atoms with van der Waals surface area (Å²) in [6.45, 7) is 8.06. The van der Waals surface area contributed by atoms with Gasteiger partial charge in [-0.2, -0.15) is 5.10 Å². The van der Waals surface area contributed by atoms with Crippen LogP contribution in [0, 0.1) is 13.8 Å². The highest BCUT2D eigenvalue weighted by atomic mass is 16.5. The molecule has 0 saturated heterocycles. The van der Waals surface area contributed by atoms with Gasteiger partial charge >= 0.3 is 0 Å². The number of nitrogens with zero attached hydrogens (tertiary/aromatic N) is 1. The second kappa shape index (κ2) is 6.43. The van der Waals surface area contributed by atoms with E-state index in [-0.39, 0.29) is 12.5 Å². The topological polar surface area (TPSA) is 67.0 Å². The van der Waals surface area contributed by atoms with Gasteiger partial charge in [-0.15, -0.1) is 0 Å². The molecule has 21 heavy (non-hydrogen) atoms. The van der Waals surface area contributed by atoms with Gasteiger partial charge in [-0.1, -0.05) is 31.5 Å². The Bertz CT molecular complexity index is 632. The lowest BCUT2D eigenvalue weighted by atomic mass is 10.1. The largest absolute Gasteiger partial charge is 0.483 e. The van der Waals surface area contributed by atoms with Crippen LogP contribution >= 0.6 is 0 Å². The number of aromatic nitrogens is 2. The minimum Gasteiger partial charge on any atom is -0.483 e. The second-order valence-electron chi connectivity index (χ2n) is 5.47. The maximum absolute atomic E-state index is 11.9. The second-order valence-corrected chi connectivity index (χ2v) is 5.47. The Kier molecular flexibility index (Phi) is 4.62. The molecule has 0 radical (unpaired) electrons.